The van der Waals surface area contributed by atoms with Crippen LogP contribution in [0.1, 0.15) is 32.7 Å². The van der Waals surface area contributed by atoms with Gasteiger partial charge in [-0.2, -0.15) is 14.5 Å². The van der Waals surface area contributed by atoms with E-state index >= 15 is 0 Å². The van der Waals surface area contributed by atoms with E-state index in [2.05, 4.69) is 15.5 Å². The van der Waals surface area contributed by atoms with E-state index in [9.17, 15) is 9.59 Å². The lowest BCUT2D eigenvalue weighted by Crippen LogP contribution is -2.23. The predicted molar refractivity (Wildman–Crippen MR) is 122 cm³/mol. The molecule has 0 spiro atoms. The van der Waals surface area contributed by atoms with E-state index in [-0.39, 0.29) is 12.3 Å². The topological polar surface area (TPSA) is 123 Å². The Morgan fingerprint density at radius 1 is 1.03 bits per heavy atom. The average molecular weight is 447 g/mol. The van der Waals surface area contributed by atoms with Crippen molar-refractivity contribution in [2.75, 3.05) is 0 Å². The molecule has 0 saturated heterocycles. The Hall–Kier alpha value is -4.21. The van der Waals surface area contributed by atoms with Crippen molar-refractivity contribution in [2.45, 2.75) is 27.4 Å². The van der Waals surface area contributed by atoms with Crippen LogP contribution in [0.15, 0.2) is 41.2 Å². The number of aryl methyl sites for hydroxylation is 4. The fourth-order valence-electron chi connectivity index (χ4n) is 3.89. The van der Waals surface area contributed by atoms with E-state index in [1.165, 1.54) is 14.0 Å². The molecule has 1 amide bonds. The first kappa shape index (κ1) is 22.0. The second-order valence-corrected chi connectivity index (χ2v) is 7.95. The van der Waals surface area contributed by atoms with Crippen molar-refractivity contribution in [2.24, 2.45) is 19.8 Å². The fraction of sp³-hybridized carbons (Fsp3) is 0.261. The third kappa shape index (κ3) is 3.91. The van der Waals surface area contributed by atoms with Crippen molar-refractivity contribution >= 4 is 5.91 Å². The standard InChI is InChI=1S/C23H25N7O3/c1-13-7-6-8-18(30-23(32)29(5)26-27-30)17(13)12-33-19-10-9-16(11-14(19)2)20-15(3)21(22(24)31)28(4)25-20/h6-11H,12H2,1-5H3,(H2,24,31). The van der Waals surface area contributed by atoms with Gasteiger partial charge in [-0.15, -0.1) is 0 Å². The molecule has 0 aliphatic heterocycles. The first-order valence-corrected chi connectivity index (χ1v) is 10.3. The molecule has 0 fully saturated rings. The van der Waals surface area contributed by atoms with Gasteiger partial charge in [0.25, 0.3) is 5.91 Å². The van der Waals surface area contributed by atoms with Gasteiger partial charge in [0.15, 0.2) is 0 Å². The Bertz CT molecular complexity index is 1430. The monoisotopic (exact) mass is 447 g/mol. The van der Waals surface area contributed by atoms with Crippen LogP contribution in [0, 0.1) is 20.8 Å². The largest absolute Gasteiger partial charge is 0.489 e. The molecule has 0 saturated carbocycles. The summed E-state index contributed by atoms with van der Waals surface area (Å²) in [6.07, 6.45) is 0. The number of rotatable bonds is 6. The number of amides is 1. The molecule has 33 heavy (non-hydrogen) atoms. The number of primary amides is 1. The number of hydrogen-bond acceptors (Lipinski definition) is 6. The van der Waals surface area contributed by atoms with Crippen LogP contribution in [0.2, 0.25) is 0 Å². The third-order valence-electron chi connectivity index (χ3n) is 5.67. The van der Waals surface area contributed by atoms with E-state index in [1.54, 1.807) is 14.1 Å². The number of carbonyl (C=O) groups is 1. The van der Waals surface area contributed by atoms with E-state index in [1.807, 2.05) is 57.2 Å². The van der Waals surface area contributed by atoms with Crippen LogP contribution in [-0.4, -0.2) is 35.5 Å². The summed E-state index contributed by atoms with van der Waals surface area (Å²) in [5, 5.41) is 12.2. The summed E-state index contributed by atoms with van der Waals surface area (Å²) in [6.45, 7) is 5.98. The van der Waals surface area contributed by atoms with Gasteiger partial charge in [0.2, 0.25) is 0 Å². The molecule has 0 unspecified atom stereocenters. The number of benzene rings is 2. The highest BCUT2D eigenvalue weighted by molar-refractivity contribution is 5.94. The maximum Gasteiger partial charge on any atom is 0.368 e. The van der Waals surface area contributed by atoms with Gasteiger partial charge in [-0.05, 0) is 66.6 Å². The summed E-state index contributed by atoms with van der Waals surface area (Å²) in [7, 11) is 3.25. The lowest BCUT2D eigenvalue weighted by atomic mass is 10.0. The van der Waals surface area contributed by atoms with Gasteiger partial charge in [-0.25, -0.2) is 4.79 Å². The van der Waals surface area contributed by atoms with Crippen LogP contribution in [0.25, 0.3) is 16.9 Å². The number of carbonyl (C=O) groups excluding carboxylic acids is 1. The molecule has 170 valence electrons. The number of nitrogens with zero attached hydrogens (tertiary/aromatic N) is 6. The number of aromatic nitrogens is 6. The summed E-state index contributed by atoms with van der Waals surface area (Å²) >= 11 is 0. The van der Waals surface area contributed by atoms with Gasteiger partial charge in [0.1, 0.15) is 18.1 Å². The Labute approximate surface area is 190 Å². The van der Waals surface area contributed by atoms with E-state index in [4.69, 9.17) is 10.5 Å². The Morgan fingerprint density at radius 2 is 1.79 bits per heavy atom. The summed E-state index contributed by atoms with van der Waals surface area (Å²) in [5.41, 5.74) is 11.2. The van der Waals surface area contributed by atoms with Crippen molar-refractivity contribution in [3.05, 3.63) is 74.8 Å². The molecular formula is C23H25N7O3. The number of hydrogen-bond donors (Lipinski definition) is 1. The molecule has 0 atom stereocenters. The molecule has 0 aliphatic rings. The predicted octanol–water partition coefficient (Wildman–Crippen LogP) is 1.97. The Balaban J connectivity index is 1.63. The minimum Gasteiger partial charge on any atom is -0.489 e. The molecule has 2 heterocycles. The van der Waals surface area contributed by atoms with Gasteiger partial charge in [0, 0.05) is 30.8 Å². The highest BCUT2D eigenvalue weighted by Gasteiger charge is 2.19. The van der Waals surface area contributed by atoms with Crippen LogP contribution in [0.4, 0.5) is 0 Å². The van der Waals surface area contributed by atoms with Crippen LogP contribution in [0.3, 0.4) is 0 Å². The van der Waals surface area contributed by atoms with E-state index in [0.29, 0.717) is 22.8 Å². The molecular weight excluding hydrogens is 422 g/mol. The van der Waals surface area contributed by atoms with Crippen LogP contribution < -0.4 is 16.2 Å². The maximum atomic E-state index is 12.4. The van der Waals surface area contributed by atoms with Crippen molar-refractivity contribution in [3.63, 3.8) is 0 Å². The number of nitrogens with two attached hydrogens (primary N) is 1. The summed E-state index contributed by atoms with van der Waals surface area (Å²) in [4.78, 5) is 24.1. The molecule has 0 aliphatic carbocycles. The third-order valence-corrected chi connectivity index (χ3v) is 5.67. The van der Waals surface area contributed by atoms with Crippen molar-refractivity contribution in [3.8, 4) is 22.7 Å². The smallest absolute Gasteiger partial charge is 0.368 e. The zero-order valence-corrected chi connectivity index (χ0v) is 19.2. The fourth-order valence-corrected chi connectivity index (χ4v) is 3.89. The maximum absolute atomic E-state index is 12.4. The molecule has 0 bridgehead atoms. The molecule has 10 nitrogen and oxygen atoms in total. The zero-order chi connectivity index (χ0) is 23.9. The molecule has 2 aromatic heterocycles. The van der Waals surface area contributed by atoms with Crippen LogP contribution in [-0.2, 0) is 20.7 Å². The first-order valence-electron chi connectivity index (χ1n) is 10.3. The minimum absolute atomic E-state index is 0.250. The van der Waals surface area contributed by atoms with E-state index in [0.717, 1.165) is 27.8 Å². The van der Waals surface area contributed by atoms with Crippen molar-refractivity contribution in [1.29, 1.82) is 0 Å². The van der Waals surface area contributed by atoms with Crippen molar-refractivity contribution < 1.29 is 9.53 Å². The average Bonchev–Trinajstić information content (AvgIpc) is 3.25. The second-order valence-electron chi connectivity index (χ2n) is 7.95. The minimum atomic E-state index is -0.512. The van der Waals surface area contributed by atoms with E-state index < -0.39 is 5.91 Å². The molecule has 2 N–H and O–H groups in total. The lowest BCUT2D eigenvalue weighted by molar-refractivity contribution is 0.0991. The SMILES string of the molecule is Cc1cc(-c2nn(C)c(C(N)=O)c2C)ccc1OCc1c(C)cccc1-n1nnn(C)c1=O. The Kier molecular flexibility index (Phi) is 5.59. The van der Waals surface area contributed by atoms with Crippen LogP contribution >= 0.6 is 0 Å². The summed E-state index contributed by atoms with van der Waals surface area (Å²) in [5.74, 6) is 0.185. The molecule has 4 rings (SSSR count). The molecule has 4 aromatic rings. The van der Waals surface area contributed by atoms with Gasteiger partial charge in [0.05, 0.1) is 11.4 Å². The van der Waals surface area contributed by atoms with Crippen LogP contribution in [0.5, 0.6) is 5.75 Å². The Morgan fingerprint density at radius 3 is 2.39 bits per heavy atom. The van der Waals surface area contributed by atoms with Gasteiger partial charge in [-0.3, -0.25) is 9.48 Å². The summed E-state index contributed by atoms with van der Waals surface area (Å²) < 4.78 is 10.1. The molecule has 2 aromatic carbocycles. The highest BCUT2D eigenvalue weighted by atomic mass is 16.5. The number of tetrazole rings is 1. The van der Waals surface area contributed by atoms with Gasteiger partial charge >= 0.3 is 5.69 Å². The molecule has 10 heteroatoms. The first-order chi connectivity index (χ1) is 15.7. The zero-order valence-electron chi connectivity index (χ0n) is 19.2. The highest BCUT2D eigenvalue weighted by Crippen LogP contribution is 2.30. The second kappa shape index (κ2) is 8.38. The number of ether oxygens (including phenoxy) is 1. The van der Waals surface area contributed by atoms with Gasteiger partial charge < -0.3 is 10.5 Å². The lowest BCUT2D eigenvalue weighted by Gasteiger charge is -2.14. The normalized spacial score (nSPS) is 11.1. The quantitative estimate of drug-likeness (QED) is 0.482. The molecule has 0 radical (unpaired) electrons. The van der Waals surface area contributed by atoms with Gasteiger partial charge in [-0.1, -0.05) is 12.1 Å². The summed E-state index contributed by atoms with van der Waals surface area (Å²) in [6, 6.07) is 11.4. The van der Waals surface area contributed by atoms with Crippen molar-refractivity contribution in [1.82, 2.24) is 29.6 Å².